The van der Waals surface area contributed by atoms with Gasteiger partial charge < -0.3 is 28.7 Å². The summed E-state index contributed by atoms with van der Waals surface area (Å²) in [5, 5.41) is 0.701. The molecule has 2 aliphatic carbocycles. The van der Waals surface area contributed by atoms with Crippen molar-refractivity contribution >= 4 is 39.3 Å². The van der Waals surface area contributed by atoms with Gasteiger partial charge in [0.25, 0.3) is 15.9 Å². The van der Waals surface area contributed by atoms with Gasteiger partial charge in [-0.05, 0) is 106 Å². The van der Waals surface area contributed by atoms with Gasteiger partial charge in [-0.1, -0.05) is 23.7 Å². The number of nitrogens with one attached hydrogen (secondary N) is 1. The van der Waals surface area contributed by atoms with E-state index in [0.29, 0.717) is 55.9 Å². The summed E-state index contributed by atoms with van der Waals surface area (Å²) >= 11 is 6.44. The van der Waals surface area contributed by atoms with Gasteiger partial charge in [-0.3, -0.25) is 4.79 Å². The molecule has 11 nitrogen and oxygen atoms in total. The Morgan fingerprint density at radius 1 is 1.12 bits per heavy atom. The van der Waals surface area contributed by atoms with Crippen LogP contribution < -0.4 is 14.4 Å². The van der Waals surface area contributed by atoms with Gasteiger partial charge in [-0.2, -0.15) is 0 Å². The fraction of sp³-hybridized carbons (Fsp3) is 0.568. The molecule has 0 aromatic heterocycles. The third-order valence-corrected chi connectivity index (χ3v) is 12.6. The lowest BCUT2D eigenvalue weighted by atomic mass is 9.68. The number of fused-ring (bicyclic) bond motifs is 4. The first-order valence-electron chi connectivity index (χ1n) is 17.6. The fourth-order valence-corrected chi connectivity index (χ4v) is 9.32. The lowest BCUT2D eigenvalue weighted by Gasteiger charge is -2.46. The van der Waals surface area contributed by atoms with Gasteiger partial charge in [-0.25, -0.2) is 17.9 Å². The molecule has 2 aromatic rings. The highest BCUT2D eigenvalue weighted by Gasteiger charge is 2.46. The second kappa shape index (κ2) is 13.7. The molecule has 5 aliphatic rings. The summed E-state index contributed by atoms with van der Waals surface area (Å²) < 4.78 is 53.7. The third kappa shape index (κ3) is 6.83. The van der Waals surface area contributed by atoms with Crippen molar-refractivity contribution in [3.05, 3.63) is 64.7 Å². The minimum absolute atomic E-state index is 0.0191. The number of ether oxygens (including phenoxy) is 4. The quantitative estimate of drug-likeness (QED) is 0.423. The Bertz CT molecular complexity index is 1780. The van der Waals surface area contributed by atoms with Crippen LogP contribution in [-0.2, 0) is 40.9 Å². The lowest BCUT2D eigenvalue weighted by Crippen LogP contribution is -2.56. The molecule has 2 fully saturated rings. The maximum absolute atomic E-state index is 13.6. The second-order valence-corrected chi connectivity index (χ2v) is 16.9. The summed E-state index contributed by atoms with van der Waals surface area (Å²) in [6, 6.07) is 10.9. The number of likely N-dealkylation sites (tertiary alicyclic amines) is 1. The first kappa shape index (κ1) is 35.1. The number of halogens is 1. The first-order valence-corrected chi connectivity index (χ1v) is 19.5. The largest absolute Gasteiger partial charge is 0.490 e. The summed E-state index contributed by atoms with van der Waals surface area (Å²) in [5.41, 5.74) is 1.25. The molecule has 270 valence electrons. The zero-order valence-corrected chi connectivity index (χ0v) is 30.4. The maximum Gasteiger partial charge on any atom is 0.410 e. The molecule has 3 heterocycles. The van der Waals surface area contributed by atoms with Crippen molar-refractivity contribution < 1.29 is 37.0 Å². The van der Waals surface area contributed by atoms with Crippen molar-refractivity contribution in [3.8, 4) is 5.75 Å². The van der Waals surface area contributed by atoms with E-state index < -0.39 is 27.6 Å². The van der Waals surface area contributed by atoms with Crippen LogP contribution in [0.1, 0.15) is 57.6 Å². The molecule has 1 spiro atoms. The number of aryl methyl sites for hydroxylation is 1. The van der Waals surface area contributed by atoms with E-state index in [9.17, 15) is 18.0 Å². The number of nitrogens with zero attached hydrogens (tertiary/aromatic N) is 2. The molecule has 3 aliphatic heterocycles. The van der Waals surface area contributed by atoms with E-state index in [4.69, 9.17) is 30.5 Å². The Morgan fingerprint density at radius 3 is 2.70 bits per heavy atom. The number of sulfonamides is 1. The van der Waals surface area contributed by atoms with Crippen LogP contribution in [0, 0.1) is 11.8 Å². The van der Waals surface area contributed by atoms with Crippen LogP contribution in [0.15, 0.2) is 53.4 Å². The third-order valence-electron chi connectivity index (χ3n) is 11.1. The topological polar surface area (TPSA) is 124 Å². The number of anilines is 1. The summed E-state index contributed by atoms with van der Waals surface area (Å²) in [7, 11) is -4.24. The number of benzene rings is 2. The average molecular weight is 728 g/mol. The van der Waals surface area contributed by atoms with Crippen LogP contribution in [-0.4, -0.2) is 89.1 Å². The fourth-order valence-electron chi connectivity index (χ4n) is 8.00. The molecule has 13 heteroatoms. The number of hydrogen-bond acceptors (Lipinski definition) is 9. The normalized spacial score (nSPS) is 29.6. The zero-order valence-electron chi connectivity index (χ0n) is 28.9. The zero-order chi connectivity index (χ0) is 35.3. The maximum atomic E-state index is 13.6. The van der Waals surface area contributed by atoms with E-state index in [2.05, 4.69) is 15.7 Å². The molecular formula is C37H46ClN3O8S. The Morgan fingerprint density at radius 2 is 1.94 bits per heavy atom. The average Bonchev–Trinajstić information content (AvgIpc) is 3.18. The highest BCUT2D eigenvalue weighted by atomic mass is 35.5. The number of amides is 2. The Labute approximate surface area is 299 Å². The number of rotatable bonds is 3. The van der Waals surface area contributed by atoms with E-state index in [-0.39, 0.29) is 41.0 Å². The van der Waals surface area contributed by atoms with E-state index >= 15 is 0 Å². The predicted octanol–water partition coefficient (Wildman–Crippen LogP) is 5.24. The van der Waals surface area contributed by atoms with Gasteiger partial charge in [0.1, 0.15) is 17.5 Å². The summed E-state index contributed by atoms with van der Waals surface area (Å²) in [4.78, 5) is 30.4. The van der Waals surface area contributed by atoms with Crippen LogP contribution in [0.2, 0.25) is 5.02 Å². The molecule has 0 radical (unpaired) electrons. The minimum atomic E-state index is -4.24. The van der Waals surface area contributed by atoms with Crippen LogP contribution in [0.3, 0.4) is 0 Å². The van der Waals surface area contributed by atoms with Gasteiger partial charge in [0.2, 0.25) is 0 Å². The molecule has 50 heavy (non-hydrogen) atoms. The van der Waals surface area contributed by atoms with E-state index in [1.54, 1.807) is 23.1 Å². The minimum Gasteiger partial charge on any atom is -0.490 e. The van der Waals surface area contributed by atoms with Crippen molar-refractivity contribution in [1.82, 2.24) is 9.62 Å². The molecule has 1 N–H and O–H groups in total. The van der Waals surface area contributed by atoms with E-state index in [0.717, 1.165) is 32.1 Å². The van der Waals surface area contributed by atoms with Crippen molar-refractivity contribution in [2.24, 2.45) is 11.8 Å². The summed E-state index contributed by atoms with van der Waals surface area (Å²) in [6.07, 6.45) is 7.32. The molecule has 2 aromatic carbocycles. The number of carbonyl (C=O) groups is 2. The molecule has 1 saturated carbocycles. The van der Waals surface area contributed by atoms with Crippen LogP contribution in [0.4, 0.5) is 10.5 Å². The molecule has 1 saturated heterocycles. The highest BCUT2D eigenvalue weighted by Crippen LogP contribution is 2.47. The van der Waals surface area contributed by atoms with Crippen LogP contribution in [0.5, 0.6) is 5.75 Å². The molecule has 7 rings (SSSR count). The van der Waals surface area contributed by atoms with Gasteiger partial charge in [0, 0.05) is 36.1 Å². The van der Waals surface area contributed by atoms with Crippen LogP contribution >= 0.6 is 11.6 Å². The Balaban J connectivity index is 1.25. The standard InChI is InChI=1S/C37H46ClN3O8S/c1-4-46-27-20-40(21-27)35(43)49-32-8-6-16-48-36(2,3)34(42)39-50(44,45)28-11-14-33-31(18-28)41(19-25-9-12-29(25)32)22-37(23-47-33)15-5-7-24-17-26(38)10-13-30(24)37/h6,8,10-11,13-14,17-18,25,27,29,32H,4-5,7,9,12,15-16,19-23H2,1-3H3,(H,39,42)/b8-6+/t25-,29+,32-,37-/m0/s1. The smallest absolute Gasteiger partial charge is 0.410 e. The van der Waals surface area contributed by atoms with Gasteiger partial charge in [-0.15, -0.1) is 0 Å². The summed E-state index contributed by atoms with van der Waals surface area (Å²) in [6.45, 7) is 8.21. The first-order chi connectivity index (χ1) is 23.9. The van der Waals surface area contributed by atoms with E-state index in [1.807, 2.05) is 25.1 Å². The molecular weight excluding hydrogens is 682 g/mol. The van der Waals surface area contributed by atoms with Crippen molar-refractivity contribution in [3.63, 3.8) is 0 Å². The second-order valence-electron chi connectivity index (χ2n) is 14.8. The Kier molecular flexibility index (Phi) is 9.59. The number of carbonyl (C=O) groups excluding carboxylic acids is 2. The SMILES string of the molecule is CCOC1CN(C(=O)O[C@H]2/C=C/COC(C)(C)C(=O)NS(=O)(=O)c3ccc4c(c3)N(C[C@@H]3CC[C@H]32)C[C@@]2(CCCc3cc(Cl)ccc32)CO4)C1. The monoisotopic (exact) mass is 727 g/mol. The molecule has 0 unspecified atom stereocenters. The molecule has 2 amide bonds. The van der Waals surface area contributed by atoms with Crippen molar-refractivity contribution in [2.45, 2.75) is 81.0 Å². The van der Waals surface area contributed by atoms with Crippen molar-refractivity contribution in [2.75, 3.05) is 50.9 Å². The molecule has 2 bridgehead atoms. The number of hydrogen-bond donors (Lipinski definition) is 1. The summed E-state index contributed by atoms with van der Waals surface area (Å²) in [5.74, 6) is -0.0395. The lowest BCUT2D eigenvalue weighted by molar-refractivity contribution is -0.139. The van der Waals surface area contributed by atoms with Crippen molar-refractivity contribution in [1.29, 1.82) is 0 Å². The van der Waals surface area contributed by atoms with Gasteiger partial charge in [0.15, 0.2) is 0 Å². The van der Waals surface area contributed by atoms with Gasteiger partial charge in [0.05, 0.1) is 43.0 Å². The van der Waals surface area contributed by atoms with E-state index in [1.165, 1.54) is 31.0 Å². The van der Waals surface area contributed by atoms with Crippen LogP contribution in [0.25, 0.3) is 0 Å². The highest BCUT2D eigenvalue weighted by molar-refractivity contribution is 7.90. The molecule has 4 atom stereocenters. The predicted molar refractivity (Wildman–Crippen MR) is 188 cm³/mol. The Hall–Kier alpha value is -3.32. The van der Waals surface area contributed by atoms with Gasteiger partial charge >= 0.3 is 6.09 Å².